The van der Waals surface area contributed by atoms with Crippen molar-refractivity contribution in [2.75, 3.05) is 0 Å². The van der Waals surface area contributed by atoms with E-state index in [4.69, 9.17) is 0 Å². The molecule has 0 saturated heterocycles. The van der Waals surface area contributed by atoms with Gasteiger partial charge in [-0.05, 0) is 12.1 Å². The van der Waals surface area contributed by atoms with E-state index in [9.17, 15) is 19.8 Å². The maximum absolute atomic E-state index is 10.2. The van der Waals surface area contributed by atoms with Crippen molar-refractivity contribution in [1.82, 2.24) is 4.98 Å². The molecular weight excluding hydrogens is 234 g/mol. The van der Waals surface area contributed by atoms with Crippen molar-refractivity contribution in [3.8, 4) is 0 Å². The Hall–Kier alpha value is -2.11. The summed E-state index contributed by atoms with van der Waals surface area (Å²) in [5.41, 5.74) is -0.472. The number of carbonyl (C=O) groups excluding carboxylic acids is 2. The lowest BCUT2D eigenvalue weighted by Gasteiger charge is -2.03. The molecule has 0 spiro atoms. The standard InChI is InChI=1S/C7H5NO4.2H4N2.H2O/c9-6(10)4-1-2-5(7(11)12)8-3-4;2*1-2;/h1-3H,(H,9,10)(H,11,12);2*1-2H2;1H2. The van der Waals surface area contributed by atoms with Crippen LogP contribution in [0.5, 0.6) is 0 Å². The number of hydrogen-bond donors (Lipinski definition) is 4. The van der Waals surface area contributed by atoms with Crippen molar-refractivity contribution in [3.63, 3.8) is 0 Å². The molecule has 0 unspecified atom stereocenters. The van der Waals surface area contributed by atoms with Crippen LogP contribution in [0.4, 0.5) is 0 Å². The summed E-state index contributed by atoms with van der Waals surface area (Å²) in [6.45, 7) is 0. The second-order valence-electron chi connectivity index (χ2n) is 2.01. The second kappa shape index (κ2) is 12.0. The Kier molecular flexibility index (Phi) is 14.3. The molecule has 0 saturated carbocycles. The minimum absolute atomic E-state index is 0. The highest BCUT2D eigenvalue weighted by atomic mass is 16.4. The lowest BCUT2D eigenvalue weighted by Crippen LogP contribution is -2.59. The van der Waals surface area contributed by atoms with Crippen LogP contribution in [0.3, 0.4) is 0 Å². The number of quaternary nitrogens is 2. The van der Waals surface area contributed by atoms with E-state index in [1.807, 2.05) is 0 Å². The van der Waals surface area contributed by atoms with Gasteiger partial charge in [0.1, 0.15) is 0 Å². The van der Waals surface area contributed by atoms with Gasteiger partial charge < -0.3 is 25.3 Å². The summed E-state index contributed by atoms with van der Waals surface area (Å²) in [5, 5.41) is 20.3. The fraction of sp³-hybridized carbons (Fsp3) is 0. The van der Waals surface area contributed by atoms with Crippen LogP contribution < -0.4 is 33.6 Å². The van der Waals surface area contributed by atoms with Crippen LogP contribution in [-0.2, 0) is 0 Å². The van der Waals surface area contributed by atoms with E-state index in [0.29, 0.717) is 0 Å². The normalized spacial score (nSPS) is 7.29. The highest BCUT2D eigenvalue weighted by Crippen LogP contribution is 1.97. The number of carboxylic acids is 2. The van der Waals surface area contributed by atoms with E-state index in [0.717, 1.165) is 18.3 Å². The number of nitrogens with two attached hydrogens (primary N) is 2. The third kappa shape index (κ3) is 7.78. The highest BCUT2D eigenvalue weighted by Gasteiger charge is 1.96. The van der Waals surface area contributed by atoms with E-state index < -0.39 is 11.9 Å². The number of rotatable bonds is 2. The number of nitrogens with zero attached hydrogens (tertiary/aromatic N) is 1. The van der Waals surface area contributed by atoms with E-state index >= 15 is 0 Å². The molecule has 0 radical (unpaired) electrons. The molecule has 1 heterocycles. The molecule has 0 aliphatic carbocycles. The molecule has 98 valence electrons. The minimum atomic E-state index is -1.44. The van der Waals surface area contributed by atoms with Gasteiger partial charge in [-0.3, -0.25) is 16.7 Å². The molecule has 1 rings (SSSR count). The third-order valence-electron chi connectivity index (χ3n) is 1.21. The smallest absolute Gasteiger partial charge is 0.0899 e. The number of aromatic carboxylic acids is 2. The Labute approximate surface area is 96.1 Å². The maximum atomic E-state index is 10.2. The van der Waals surface area contributed by atoms with Crippen LogP contribution in [0.25, 0.3) is 0 Å². The van der Waals surface area contributed by atoms with Crippen LogP contribution >= 0.6 is 0 Å². The Morgan fingerprint density at radius 1 is 1.06 bits per heavy atom. The van der Waals surface area contributed by atoms with Gasteiger partial charge in [0.15, 0.2) is 0 Å². The lowest BCUT2D eigenvalue weighted by atomic mass is 10.2. The first-order chi connectivity index (χ1) is 7.61. The Bertz CT molecular complexity index is 295. The maximum Gasteiger partial charge on any atom is 0.0899 e. The molecule has 1 aromatic rings. The Morgan fingerprint density at radius 2 is 1.53 bits per heavy atom. The van der Waals surface area contributed by atoms with Crippen LogP contribution in [0.1, 0.15) is 20.8 Å². The SMILES string of the molecule is N[NH3+].N[NH3+].O.O=C([O-])c1ccc(C(=O)[O-])nc1. The zero-order valence-electron chi connectivity index (χ0n) is 8.88. The van der Waals surface area contributed by atoms with Crippen molar-refractivity contribution in [3.05, 3.63) is 29.6 Å². The Balaban J connectivity index is -0.000000355. The van der Waals surface area contributed by atoms with Gasteiger partial charge in [0.25, 0.3) is 0 Å². The molecule has 0 aliphatic rings. The van der Waals surface area contributed by atoms with Crippen LogP contribution in [0.15, 0.2) is 18.3 Å². The molecule has 10 nitrogen and oxygen atoms in total. The van der Waals surface area contributed by atoms with Gasteiger partial charge in [-0.15, -0.1) is 0 Å². The molecule has 10 heteroatoms. The first-order valence-corrected chi connectivity index (χ1v) is 3.81. The number of hydrogen-bond acceptors (Lipinski definition) is 7. The molecule has 17 heavy (non-hydrogen) atoms. The zero-order chi connectivity index (χ0) is 13.1. The van der Waals surface area contributed by atoms with Gasteiger partial charge >= 0.3 is 0 Å². The average molecular weight is 249 g/mol. The highest BCUT2D eigenvalue weighted by molar-refractivity contribution is 5.87. The first-order valence-electron chi connectivity index (χ1n) is 3.81. The fourth-order valence-corrected chi connectivity index (χ4v) is 0.635. The van der Waals surface area contributed by atoms with E-state index in [2.05, 4.69) is 28.4 Å². The molecule has 0 fully saturated rings. The lowest BCUT2D eigenvalue weighted by molar-refractivity contribution is -0.379. The second-order valence-corrected chi connectivity index (χ2v) is 2.01. The summed E-state index contributed by atoms with van der Waals surface area (Å²) in [6, 6.07) is 2.13. The van der Waals surface area contributed by atoms with Gasteiger partial charge in [-0.2, -0.15) is 11.7 Å². The summed E-state index contributed by atoms with van der Waals surface area (Å²) in [4.78, 5) is 23.6. The molecular formula is C7H15N5O5. The van der Waals surface area contributed by atoms with Gasteiger partial charge in [0, 0.05) is 11.8 Å². The third-order valence-corrected chi connectivity index (χ3v) is 1.21. The fourth-order valence-electron chi connectivity index (χ4n) is 0.635. The Morgan fingerprint density at radius 3 is 1.76 bits per heavy atom. The molecule has 0 aromatic carbocycles. The molecule has 0 aliphatic heterocycles. The van der Waals surface area contributed by atoms with Crippen molar-refractivity contribution in [1.29, 1.82) is 0 Å². The van der Waals surface area contributed by atoms with Crippen molar-refractivity contribution in [2.24, 2.45) is 11.7 Å². The van der Waals surface area contributed by atoms with Gasteiger partial charge in [-0.25, -0.2) is 0 Å². The summed E-state index contributed by atoms with van der Waals surface area (Å²) in [7, 11) is 0. The molecule has 0 bridgehead atoms. The number of carbonyl (C=O) groups is 2. The molecule has 12 N–H and O–H groups in total. The zero-order valence-corrected chi connectivity index (χ0v) is 8.88. The minimum Gasteiger partial charge on any atom is -0.545 e. The molecule has 0 atom stereocenters. The van der Waals surface area contributed by atoms with Crippen LogP contribution in [-0.4, -0.2) is 22.4 Å². The van der Waals surface area contributed by atoms with Gasteiger partial charge in [0.2, 0.25) is 0 Å². The summed E-state index contributed by atoms with van der Waals surface area (Å²) in [5.74, 6) is 11.2. The first kappa shape index (κ1) is 20.3. The monoisotopic (exact) mass is 249 g/mol. The van der Waals surface area contributed by atoms with Crippen LogP contribution in [0, 0.1) is 0 Å². The summed E-state index contributed by atoms with van der Waals surface area (Å²) in [6.07, 6.45) is 0.903. The summed E-state index contributed by atoms with van der Waals surface area (Å²) < 4.78 is 0. The largest absolute Gasteiger partial charge is 0.545 e. The number of pyridine rings is 1. The van der Waals surface area contributed by atoms with Crippen LogP contribution in [0.2, 0.25) is 0 Å². The van der Waals surface area contributed by atoms with E-state index in [1.54, 1.807) is 0 Å². The van der Waals surface area contributed by atoms with Crippen molar-refractivity contribution in [2.45, 2.75) is 0 Å². The van der Waals surface area contributed by atoms with Crippen molar-refractivity contribution >= 4 is 11.9 Å². The molecule has 0 amide bonds. The molecule has 1 aromatic heterocycles. The topological polar surface area (TPSA) is 232 Å². The van der Waals surface area contributed by atoms with Gasteiger partial charge in [0.05, 0.1) is 17.6 Å². The quantitative estimate of drug-likeness (QED) is 0.291. The number of carboxylic acid groups (broad SMARTS) is 2. The predicted molar refractivity (Wildman–Crippen MR) is 50.7 cm³/mol. The van der Waals surface area contributed by atoms with E-state index in [-0.39, 0.29) is 16.7 Å². The average Bonchev–Trinajstić information content (AvgIpc) is 2.34. The van der Waals surface area contributed by atoms with E-state index in [1.165, 1.54) is 0 Å². The number of aromatic nitrogens is 1. The summed E-state index contributed by atoms with van der Waals surface area (Å²) >= 11 is 0. The van der Waals surface area contributed by atoms with Crippen molar-refractivity contribution < 1.29 is 37.0 Å². The van der Waals surface area contributed by atoms with Gasteiger partial charge in [-0.1, -0.05) is 0 Å². The predicted octanol–water partition coefficient (Wildman–Crippen LogP) is -6.81.